The minimum absolute atomic E-state index is 0.0764. The molecule has 0 bridgehead atoms. The molecule has 2 aromatic heterocycles. The van der Waals surface area contributed by atoms with Gasteiger partial charge in [0.05, 0.1) is 22.8 Å². The van der Waals surface area contributed by atoms with E-state index in [-0.39, 0.29) is 29.4 Å². The van der Waals surface area contributed by atoms with Gasteiger partial charge in [-0.1, -0.05) is 29.4 Å². The highest BCUT2D eigenvalue weighted by Gasteiger charge is 2.30. The fraction of sp³-hybridized carbons (Fsp3) is 0.190. The van der Waals surface area contributed by atoms with Crippen LogP contribution in [-0.4, -0.2) is 25.7 Å². The predicted molar refractivity (Wildman–Crippen MR) is 105 cm³/mol. The lowest BCUT2D eigenvalue weighted by Gasteiger charge is -2.07. The second-order valence-corrected chi connectivity index (χ2v) is 6.90. The number of ether oxygens (including phenoxy) is 1. The first-order valence-electron chi connectivity index (χ1n) is 9.33. The van der Waals surface area contributed by atoms with Crippen LogP contribution in [0.25, 0.3) is 22.3 Å². The lowest BCUT2D eigenvalue weighted by atomic mass is 10.1. The SMILES string of the molecule is Cc1cccc2c(=O)n(CC(=O)OCc3nc(-c4cccc(C(F)(F)F)c4)no3)cnc12. The summed E-state index contributed by atoms with van der Waals surface area (Å²) in [7, 11) is 0. The molecule has 0 amide bonds. The number of aromatic nitrogens is 4. The summed E-state index contributed by atoms with van der Waals surface area (Å²) in [6.07, 6.45) is -3.25. The quantitative estimate of drug-likeness (QED) is 0.434. The molecule has 164 valence electrons. The minimum Gasteiger partial charge on any atom is -0.454 e. The summed E-state index contributed by atoms with van der Waals surface area (Å²) >= 11 is 0. The van der Waals surface area contributed by atoms with Gasteiger partial charge < -0.3 is 9.26 Å². The van der Waals surface area contributed by atoms with E-state index in [0.29, 0.717) is 10.9 Å². The van der Waals surface area contributed by atoms with Gasteiger partial charge in [-0.25, -0.2) is 4.98 Å². The molecule has 8 nitrogen and oxygen atoms in total. The molecule has 0 saturated carbocycles. The largest absolute Gasteiger partial charge is 0.454 e. The first kappa shape index (κ1) is 21.2. The average Bonchev–Trinajstić information content (AvgIpc) is 3.23. The number of hydrogen-bond acceptors (Lipinski definition) is 7. The molecule has 0 radical (unpaired) electrons. The number of para-hydroxylation sites is 1. The van der Waals surface area contributed by atoms with Crippen molar-refractivity contribution in [3.05, 3.63) is 76.2 Å². The van der Waals surface area contributed by atoms with Crippen LogP contribution in [0.4, 0.5) is 13.2 Å². The van der Waals surface area contributed by atoms with Crippen LogP contribution in [0.3, 0.4) is 0 Å². The third kappa shape index (κ3) is 4.36. The first-order chi connectivity index (χ1) is 15.2. The molecule has 11 heteroatoms. The molecular weight excluding hydrogens is 429 g/mol. The number of benzene rings is 2. The number of nitrogens with zero attached hydrogens (tertiary/aromatic N) is 4. The summed E-state index contributed by atoms with van der Waals surface area (Å²) < 4.78 is 49.7. The van der Waals surface area contributed by atoms with Crippen LogP contribution in [0.2, 0.25) is 0 Å². The van der Waals surface area contributed by atoms with Gasteiger partial charge in [-0.05, 0) is 30.7 Å². The van der Waals surface area contributed by atoms with E-state index in [1.807, 2.05) is 13.0 Å². The Morgan fingerprint density at radius 2 is 1.97 bits per heavy atom. The molecule has 4 aromatic rings. The first-order valence-corrected chi connectivity index (χ1v) is 9.33. The van der Waals surface area contributed by atoms with Gasteiger partial charge in [0.1, 0.15) is 6.54 Å². The Labute approximate surface area is 178 Å². The Hall–Kier alpha value is -4.02. The number of halogens is 3. The van der Waals surface area contributed by atoms with Crippen molar-refractivity contribution in [1.82, 2.24) is 19.7 Å². The zero-order chi connectivity index (χ0) is 22.9. The number of fused-ring (bicyclic) bond motifs is 1. The van der Waals surface area contributed by atoms with Crippen molar-refractivity contribution < 1.29 is 27.2 Å². The van der Waals surface area contributed by atoms with Gasteiger partial charge in [0.2, 0.25) is 5.82 Å². The van der Waals surface area contributed by atoms with E-state index in [1.54, 1.807) is 12.1 Å². The molecule has 0 aliphatic rings. The van der Waals surface area contributed by atoms with Gasteiger partial charge in [0.25, 0.3) is 11.4 Å². The van der Waals surface area contributed by atoms with Crippen molar-refractivity contribution in [1.29, 1.82) is 0 Å². The Morgan fingerprint density at radius 1 is 1.19 bits per heavy atom. The highest BCUT2D eigenvalue weighted by atomic mass is 19.4. The Balaban J connectivity index is 1.43. The lowest BCUT2D eigenvalue weighted by Crippen LogP contribution is -2.25. The van der Waals surface area contributed by atoms with Crippen molar-refractivity contribution in [2.24, 2.45) is 0 Å². The van der Waals surface area contributed by atoms with E-state index >= 15 is 0 Å². The monoisotopic (exact) mass is 444 g/mol. The molecule has 0 spiro atoms. The van der Waals surface area contributed by atoms with Crippen LogP contribution in [0, 0.1) is 6.92 Å². The molecule has 32 heavy (non-hydrogen) atoms. The normalized spacial score (nSPS) is 11.6. The number of carbonyl (C=O) groups excluding carboxylic acids is 1. The third-order valence-electron chi connectivity index (χ3n) is 4.63. The molecule has 2 aromatic carbocycles. The molecule has 0 aliphatic heterocycles. The topological polar surface area (TPSA) is 100 Å². The summed E-state index contributed by atoms with van der Waals surface area (Å²) in [5, 5.41) is 4.00. The van der Waals surface area contributed by atoms with E-state index in [0.717, 1.165) is 22.3 Å². The Bertz CT molecular complexity index is 1360. The van der Waals surface area contributed by atoms with E-state index < -0.39 is 24.3 Å². The molecule has 2 heterocycles. The maximum Gasteiger partial charge on any atom is 0.416 e. The van der Waals surface area contributed by atoms with Crippen LogP contribution in [0.15, 0.2) is 58.1 Å². The summed E-state index contributed by atoms with van der Waals surface area (Å²) in [6.45, 7) is 1.04. The third-order valence-corrected chi connectivity index (χ3v) is 4.63. The van der Waals surface area contributed by atoms with E-state index in [4.69, 9.17) is 9.26 Å². The number of alkyl halides is 3. The van der Waals surface area contributed by atoms with Gasteiger partial charge in [-0.2, -0.15) is 18.2 Å². The average molecular weight is 444 g/mol. The van der Waals surface area contributed by atoms with Gasteiger partial charge in [-0.3, -0.25) is 14.2 Å². The van der Waals surface area contributed by atoms with Crippen molar-refractivity contribution in [2.45, 2.75) is 26.3 Å². The number of hydrogen-bond donors (Lipinski definition) is 0. The van der Waals surface area contributed by atoms with E-state index in [1.165, 1.54) is 18.5 Å². The molecule has 0 saturated heterocycles. The van der Waals surface area contributed by atoms with Gasteiger partial charge in [-0.15, -0.1) is 0 Å². The maximum atomic E-state index is 12.9. The summed E-state index contributed by atoms with van der Waals surface area (Å²) in [4.78, 5) is 32.8. The smallest absolute Gasteiger partial charge is 0.416 e. The van der Waals surface area contributed by atoms with Gasteiger partial charge >= 0.3 is 12.1 Å². The van der Waals surface area contributed by atoms with Crippen LogP contribution in [0.1, 0.15) is 17.0 Å². The van der Waals surface area contributed by atoms with E-state index in [2.05, 4.69) is 15.1 Å². The number of rotatable bonds is 5. The predicted octanol–water partition coefficient (Wildman–Crippen LogP) is 3.52. The maximum absolute atomic E-state index is 12.9. The number of esters is 1. The summed E-state index contributed by atoms with van der Waals surface area (Å²) in [5.41, 5.74) is 0.250. The zero-order valence-corrected chi connectivity index (χ0v) is 16.6. The fourth-order valence-corrected chi connectivity index (χ4v) is 3.04. The van der Waals surface area contributed by atoms with Crippen LogP contribution < -0.4 is 5.56 Å². The number of aryl methyl sites for hydroxylation is 1. The van der Waals surface area contributed by atoms with Gasteiger partial charge in [0.15, 0.2) is 6.61 Å². The second-order valence-electron chi connectivity index (χ2n) is 6.90. The molecule has 0 unspecified atom stereocenters. The van der Waals surface area contributed by atoms with Crippen molar-refractivity contribution in [3.63, 3.8) is 0 Å². The molecule has 0 fully saturated rings. The highest BCUT2D eigenvalue weighted by Crippen LogP contribution is 2.31. The molecule has 0 aliphatic carbocycles. The van der Waals surface area contributed by atoms with Crippen molar-refractivity contribution >= 4 is 16.9 Å². The molecule has 0 N–H and O–H groups in total. The molecule has 4 rings (SSSR count). The fourth-order valence-electron chi connectivity index (χ4n) is 3.04. The number of carbonyl (C=O) groups is 1. The van der Waals surface area contributed by atoms with E-state index in [9.17, 15) is 22.8 Å². The Kier molecular flexibility index (Phi) is 5.47. The van der Waals surface area contributed by atoms with Crippen LogP contribution in [-0.2, 0) is 28.9 Å². The zero-order valence-electron chi connectivity index (χ0n) is 16.6. The van der Waals surface area contributed by atoms with Crippen molar-refractivity contribution in [2.75, 3.05) is 0 Å². The van der Waals surface area contributed by atoms with Crippen LogP contribution >= 0.6 is 0 Å². The van der Waals surface area contributed by atoms with Crippen molar-refractivity contribution in [3.8, 4) is 11.4 Å². The lowest BCUT2D eigenvalue weighted by molar-refractivity contribution is -0.146. The standard InChI is InChI=1S/C21H15F3N4O4/c1-12-4-2-7-15-18(12)25-11-28(20(15)30)9-17(29)31-10-16-26-19(27-32-16)13-5-3-6-14(8-13)21(22,23)24/h2-8,11H,9-10H2,1H3. The minimum atomic E-state index is -4.51. The Morgan fingerprint density at radius 3 is 2.75 bits per heavy atom. The summed E-state index contributed by atoms with van der Waals surface area (Å²) in [6, 6.07) is 9.61. The summed E-state index contributed by atoms with van der Waals surface area (Å²) in [5.74, 6) is -0.933. The molecular formula is C21H15F3N4O4. The second kappa shape index (κ2) is 8.25. The molecule has 0 atom stereocenters. The highest BCUT2D eigenvalue weighted by molar-refractivity contribution is 5.80. The van der Waals surface area contributed by atoms with Gasteiger partial charge in [0, 0.05) is 5.56 Å². The van der Waals surface area contributed by atoms with Crippen LogP contribution in [0.5, 0.6) is 0 Å².